The molecule has 5 nitrogen and oxygen atoms in total. The smallest absolute Gasteiger partial charge is 0.254 e. The average Bonchev–Trinajstić information content (AvgIpc) is 3.06. The van der Waals surface area contributed by atoms with Crippen molar-refractivity contribution < 1.29 is 18.7 Å². The van der Waals surface area contributed by atoms with Crippen molar-refractivity contribution in [2.75, 3.05) is 18.6 Å². The van der Waals surface area contributed by atoms with E-state index in [1.54, 1.807) is 11.0 Å². The lowest BCUT2D eigenvalue weighted by molar-refractivity contribution is -0.117. The Hall–Kier alpha value is -2.89. The van der Waals surface area contributed by atoms with Crippen LogP contribution in [-0.2, 0) is 11.3 Å². The number of carbonyl (C=O) groups excluding carboxylic acids is 2. The van der Waals surface area contributed by atoms with Gasteiger partial charge in [0, 0.05) is 31.3 Å². The van der Waals surface area contributed by atoms with E-state index in [9.17, 15) is 14.0 Å². The Bertz CT molecular complexity index is 790. The molecule has 0 saturated carbocycles. The van der Waals surface area contributed by atoms with Crippen LogP contribution in [0.3, 0.4) is 0 Å². The van der Waals surface area contributed by atoms with E-state index in [4.69, 9.17) is 4.74 Å². The Balaban J connectivity index is 1.61. The van der Waals surface area contributed by atoms with Gasteiger partial charge >= 0.3 is 0 Å². The number of nitrogens with zero attached hydrogens (tertiary/aromatic N) is 1. The molecule has 25 heavy (non-hydrogen) atoms. The fourth-order valence-electron chi connectivity index (χ4n) is 2.80. The van der Waals surface area contributed by atoms with Gasteiger partial charge in [0.15, 0.2) is 0 Å². The summed E-state index contributed by atoms with van der Waals surface area (Å²) in [4.78, 5) is 25.6. The number of methoxy groups -OCH3 is 1. The summed E-state index contributed by atoms with van der Waals surface area (Å²) >= 11 is 0. The monoisotopic (exact) mass is 342 g/mol. The van der Waals surface area contributed by atoms with E-state index >= 15 is 0 Å². The van der Waals surface area contributed by atoms with Crippen molar-refractivity contribution in [2.24, 2.45) is 0 Å². The van der Waals surface area contributed by atoms with Crippen molar-refractivity contribution in [2.45, 2.75) is 19.4 Å². The van der Waals surface area contributed by atoms with Gasteiger partial charge in [-0.1, -0.05) is 12.1 Å². The number of anilines is 1. The van der Waals surface area contributed by atoms with Gasteiger partial charge in [0.05, 0.1) is 12.7 Å². The Morgan fingerprint density at radius 1 is 1.24 bits per heavy atom. The molecule has 6 heteroatoms. The normalized spacial score (nSPS) is 13.8. The lowest BCUT2D eigenvalue weighted by Gasteiger charge is -2.16. The number of nitrogens with one attached hydrogen (secondary N) is 1. The third kappa shape index (κ3) is 3.79. The van der Waals surface area contributed by atoms with Crippen molar-refractivity contribution in [1.82, 2.24) is 5.32 Å². The molecule has 1 aliphatic heterocycles. The van der Waals surface area contributed by atoms with Crippen molar-refractivity contribution >= 4 is 17.5 Å². The molecule has 1 saturated heterocycles. The highest BCUT2D eigenvalue weighted by Crippen LogP contribution is 2.21. The molecule has 0 bridgehead atoms. The maximum Gasteiger partial charge on any atom is 0.254 e. The summed E-state index contributed by atoms with van der Waals surface area (Å²) in [6.07, 6.45) is 1.47. The second-order valence-corrected chi connectivity index (χ2v) is 5.84. The molecule has 1 heterocycles. The van der Waals surface area contributed by atoms with Gasteiger partial charge in [0.2, 0.25) is 5.91 Å². The average molecular weight is 342 g/mol. The molecular formula is C19H19FN2O3. The van der Waals surface area contributed by atoms with Crippen LogP contribution in [0.4, 0.5) is 10.1 Å². The highest BCUT2D eigenvalue weighted by Gasteiger charge is 2.21. The molecule has 130 valence electrons. The molecule has 2 amide bonds. The summed E-state index contributed by atoms with van der Waals surface area (Å²) in [7, 11) is 1.44. The zero-order valence-electron chi connectivity index (χ0n) is 13.9. The third-order valence-corrected chi connectivity index (χ3v) is 4.20. The molecule has 1 fully saturated rings. The van der Waals surface area contributed by atoms with Crippen LogP contribution < -0.4 is 15.0 Å². The summed E-state index contributed by atoms with van der Waals surface area (Å²) in [5.41, 5.74) is 1.71. The Labute approximate surface area is 145 Å². The number of halogens is 1. The quantitative estimate of drug-likeness (QED) is 0.909. The zero-order valence-corrected chi connectivity index (χ0v) is 13.9. The minimum atomic E-state index is -0.625. The number of hydrogen-bond acceptors (Lipinski definition) is 3. The standard InChI is InChI=1S/C19H19FN2O3/c1-25-15-8-9-16(17(20)11-15)19(24)21-12-13-4-6-14(7-5-13)22-10-2-3-18(22)23/h4-9,11H,2-3,10,12H2,1H3,(H,21,24). The van der Waals surface area contributed by atoms with Gasteiger partial charge < -0.3 is 15.0 Å². The largest absolute Gasteiger partial charge is 0.497 e. The van der Waals surface area contributed by atoms with Crippen LogP contribution in [0.25, 0.3) is 0 Å². The molecule has 0 aliphatic carbocycles. The van der Waals surface area contributed by atoms with E-state index in [2.05, 4.69) is 5.32 Å². The second-order valence-electron chi connectivity index (χ2n) is 5.84. The number of benzene rings is 2. The van der Waals surface area contributed by atoms with Gasteiger partial charge in [-0.05, 0) is 36.2 Å². The summed E-state index contributed by atoms with van der Waals surface area (Å²) in [6, 6.07) is 11.5. The number of hydrogen-bond donors (Lipinski definition) is 1. The number of carbonyl (C=O) groups is 2. The minimum Gasteiger partial charge on any atom is -0.497 e. The molecule has 0 atom stereocenters. The van der Waals surface area contributed by atoms with Crippen molar-refractivity contribution in [1.29, 1.82) is 0 Å². The van der Waals surface area contributed by atoms with E-state index < -0.39 is 11.7 Å². The molecule has 0 spiro atoms. The molecule has 0 radical (unpaired) electrons. The van der Waals surface area contributed by atoms with Crippen molar-refractivity contribution in [3.05, 3.63) is 59.4 Å². The first-order chi connectivity index (χ1) is 12.1. The van der Waals surface area contributed by atoms with E-state index in [1.165, 1.54) is 19.2 Å². The van der Waals surface area contributed by atoms with Gasteiger partial charge in [0.1, 0.15) is 11.6 Å². The van der Waals surface area contributed by atoms with E-state index in [1.807, 2.05) is 24.3 Å². The van der Waals surface area contributed by atoms with Crippen LogP contribution in [-0.4, -0.2) is 25.5 Å². The predicted octanol–water partition coefficient (Wildman–Crippen LogP) is 2.89. The minimum absolute atomic E-state index is 0.0277. The Morgan fingerprint density at radius 2 is 2.00 bits per heavy atom. The topological polar surface area (TPSA) is 58.6 Å². The Morgan fingerprint density at radius 3 is 2.60 bits per heavy atom. The fraction of sp³-hybridized carbons (Fsp3) is 0.263. The number of ether oxygens (including phenoxy) is 1. The molecule has 1 aliphatic rings. The van der Waals surface area contributed by atoms with Crippen molar-refractivity contribution in [3.8, 4) is 5.75 Å². The highest BCUT2D eigenvalue weighted by molar-refractivity contribution is 5.95. The van der Waals surface area contributed by atoms with Gasteiger partial charge in [-0.2, -0.15) is 0 Å². The second kappa shape index (κ2) is 7.34. The summed E-state index contributed by atoms with van der Waals surface area (Å²) in [6.45, 7) is 1.02. The first-order valence-electron chi connectivity index (χ1n) is 8.09. The maximum absolute atomic E-state index is 13.9. The van der Waals surface area contributed by atoms with Gasteiger partial charge in [-0.3, -0.25) is 9.59 Å². The zero-order chi connectivity index (χ0) is 17.8. The van der Waals surface area contributed by atoms with Crippen LogP contribution in [0.2, 0.25) is 0 Å². The van der Waals surface area contributed by atoms with E-state index in [0.717, 1.165) is 24.2 Å². The molecule has 2 aromatic carbocycles. The van der Waals surface area contributed by atoms with Gasteiger partial charge in [-0.25, -0.2) is 4.39 Å². The maximum atomic E-state index is 13.9. The van der Waals surface area contributed by atoms with Crippen LogP contribution in [0.15, 0.2) is 42.5 Å². The fourth-order valence-corrected chi connectivity index (χ4v) is 2.80. The Kier molecular flexibility index (Phi) is 4.97. The molecule has 0 unspecified atom stereocenters. The van der Waals surface area contributed by atoms with Gasteiger partial charge in [0.25, 0.3) is 5.91 Å². The summed E-state index contributed by atoms with van der Waals surface area (Å²) in [5, 5.41) is 2.69. The summed E-state index contributed by atoms with van der Waals surface area (Å²) < 4.78 is 18.8. The van der Waals surface area contributed by atoms with Crippen LogP contribution in [0, 0.1) is 5.82 Å². The van der Waals surface area contributed by atoms with Crippen LogP contribution in [0.1, 0.15) is 28.8 Å². The van der Waals surface area contributed by atoms with E-state index in [0.29, 0.717) is 12.2 Å². The van der Waals surface area contributed by atoms with Gasteiger partial charge in [-0.15, -0.1) is 0 Å². The first-order valence-corrected chi connectivity index (χ1v) is 8.09. The molecular weight excluding hydrogens is 323 g/mol. The lowest BCUT2D eigenvalue weighted by Crippen LogP contribution is -2.24. The first kappa shape index (κ1) is 17.0. The lowest BCUT2D eigenvalue weighted by atomic mass is 10.1. The molecule has 3 rings (SSSR count). The van der Waals surface area contributed by atoms with Crippen LogP contribution >= 0.6 is 0 Å². The number of amides is 2. The predicted molar refractivity (Wildman–Crippen MR) is 92.2 cm³/mol. The molecule has 2 aromatic rings. The third-order valence-electron chi connectivity index (χ3n) is 4.20. The SMILES string of the molecule is COc1ccc(C(=O)NCc2ccc(N3CCCC3=O)cc2)c(F)c1. The number of rotatable bonds is 5. The van der Waals surface area contributed by atoms with Crippen molar-refractivity contribution in [3.63, 3.8) is 0 Å². The highest BCUT2D eigenvalue weighted by atomic mass is 19.1. The van der Waals surface area contributed by atoms with Crippen LogP contribution in [0.5, 0.6) is 5.75 Å². The van der Waals surface area contributed by atoms with E-state index in [-0.39, 0.29) is 18.0 Å². The molecule has 1 N–H and O–H groups in total. The molecule has 0 aromatic heterocycles. The summed E-state index contributed by atoms with van der Waals surface area (Å²) in [5.74, 6) is -0.615.